The van der Waals surface area contributed by atoms with Crippen molar-refractivity contribution in [3.63, 3.8) is 0 Å². The van der Waals surface area contributed by atoms with Gasteiger partial charge in [-0.2, -0.15) is 13.2 Å². The number of nitrogens with zero attached hydrogens (tertiary/aromatic N) is 2. The normalized spacial score (nSPS) is 18.2. The number of carboxylic acids is 1. The monoisotopic (exact) mass is 506 g/mol. The number of rotatable bonds is 10. The molecule has 1 N–H and O–H groups in total. The van der Waals surface area contributed by atoms with Crippen LogP contribution in [0, 0.1) is 5.92 Å². The topological polar surface area (TPSA) is 71.9 Å². The molecule has 0 bridgehead atoms. The molecule has 1 saturated heterocycles. The summed E-state index contributed by atoms with van der Waals surface area (Å²) in [5, 5.41) is 9.16. The second kappa shape index (κ2) is 11.4. The Hall–Kier alpha value is -2.97. The number of pyridine rings is 1. The average Bonchev–Trinajstić information content (AvgIpc) is 3.24. The van der Waals surface area contributed by atoms with E-state index in [1.807, 2.05) is 18.2 Å². The van der Waals surface area contributed by atoms with Gasteiger partial charge in [0.1, 0.15) is 5.75 Å². The standard InChI is InChI=1S/C27H33F3N2O4/c1-35-22-7-6-19(3-2-10-27(28,29)30)24(14-22)32-11-8-18(9-12-32)17-36-25-15-23-20(13-26(33)34)4-5-21(23)16-31-25/h6-7,14-16,18,20H,2-5,8-13,17H2,1H3,(H,33,34). The lowest BCUT2D eigenvalue weighted by Crippen LogP contribution is -2.36. The molecule has 1 aliphatic heterocycles. The predicted octanol–water partition coefficient (Wildman–Crippen LogP) is 5.78. The Balaban J connectivity index is 1.32. The fraction of sp³-hybridized carbons (Fsp3) is 0.556. The number of aliphatic carboxylic acids is 1. The summed E-state index contributed by atoms with van der Waals surface area (Å²) in [7, 11) is 1.59. The number of carboxylic acid groups (broad SMARTS) is 1. The molecule has 1 aliphatic carbocycles. The highest BCUT2D eigenvalue weighted by Gasteiger charge is 2.28. The number of alkyl halides is 3. The van der Waals surface area contributed by atoms with Gasteiger partial charge in [-0.1, -0.05) is 6.07 Å². The molecule has 0 saturated carbocycles. The molecule has 0 radical (unpaired) electrons. The third kappa shape index (κ3) is 6.83. The zero-order chi connectivity index (χ0) is 25.7. The first-order valence-electron chi connectivity index (χ1n) is 12.5. The van der Waals surface area contributed by atoms with Crippen LogP contribution in [0.4, 0.5) is 18.9 Å². The predicted molar refractivity (Wildman–Crippen MR) is 130 cm³/mol. The Labute approximate surface area is 209 Å². The number of methoxy groups -OCH3 is 1. The van der Waals surface area contributed by atoms with E-state index in [2.05, 4.69) is 9.88 Å². The lowest BCUT2D eigenvalue weighted by molar-refractivity contribution is -0.137. The van der Waals surface area contributed by atoms with Crippen LogP contribution in [0.2, 0.25) is 0 Å². The number of aryl methyl sites for hydroxylation is 2. The van der Waals surface area contributed by atoms with Crippen LogP contribution in [0.25, 0.3) is 0 Å². The van der Waals surface area contributed by atoms with Crippen LogP contribution in [0.3, 0.4) is 0 Å². The van der Waals surface area contributed by atoms with E-state index in [-0.39, 0.29) is 18.8 Å². The average molecular weight is 507 g/mol. The SMILES string of the molecule is COc1ccc(CCCC(F)(F)F)c(N2CCC(COc3cc4c(cn3)CCC4CC(=O)O)CC2)c1. The van der Waals surface area contributed by atoms with Crippen molar-refractivity contribution in [2.45, 2.75) is 63.5 Å². The van der Waals surface area contributed by atoms with Crippen LogP contribution in [0.15, 0.2) is 30.5 Å². The number of ether oxygens (including phenoxy) is 2. The Morgan fingerprint density at radius 1 is 1.19 bits per heavy atom. The quantitative estimate of drug-likeness (QED) is 0.441. The van der Waals surface area contributed by atoms with E-state index in [1.165, 1.54) is 0 Å². The summed E-state index contributed by atoms with van der Waals surface area (Å²) in [6.07, 6.45) is 0.896. The number of halogens is 3. The van der Waals surface area contributed by atoms with Gasteiger partial charge in [0.05, 0.1) is 20.1 Å². The van der Waals surface area contributed by atoms with Crippen LogP contribution in [-0.2, 0) is 17.6 Å². The van der Waals surface area contributed by atoms with E-state index in [1.54, 1.807) is 19.4 Å². The fourth-order valence-electron chi connectivity index (χ4n) is 5.25. The van der Waals surface area contributed by atoms with E-state index in [0.29, 0.717) is 30.6 Å². The number of anilines is 1. The van der Waals surface area contributed by atoms with Crippen molar-refractivity contribution < 1.29 is 32.5 Å². The molecule has 1 aromatic heterocycles. The van der Waals surface area contributed by atoms with Crippen molar-refractivity contribution in [2.75, 3.05) is 31.7 Å². The molecule has 9 heteroatoms. The Kier molecular flexibility index (Phi) is 8.26. The first kappa shape index (κ1) is 26.1. The number of hydrogen-bond acceptors (Lipinski definition) is 5. The van der Waals surface area contributed by atoms with Crippen molar-refractivity contribution >= 4 is 11.7 Å². The number of piperidine rings is 1. The molecular weight excluding hydrogens is 473 g/mol. The van der Waals surface area contributed by atoms with Gasteiger partial charge in [0.2, 0.25) is 5.88 Å². The van der Waals surface area contributed by atoms with Gasteiger partial charge in [-0.25, -0.2) is 4.98 Å². The Bertz CT molecular complexity index is 1050. The number of hydrogen-bond donors (Lipinski definition) is 1. The minimum atomic E-state index is -4.14. The molecule has 4 rings (SSSR count). The van der Waals surface area contributed by atoms with Crippen LogP contribution < -0.4 is 14.4 Å². The maximum Gasteiger partial charge on any atom is 0.389 e. The van der Waals surface area contributed by atoms with Crippen molar-refractivity contribution in [2.24, 2.45) is 5.92 Å². The summed E-state index contributed by atoms with van der Waals surface area (Å²) in [4.78, 5) is 17.8. The van der Waals surface area contributed by atoms with E-state index >= 15 is 0 Å². The highest BCUT2D eigenvalue weighted by Crippen LogP contribution is 2.37. The largest absolute Gasteiger partial charge is 0.497 e. The molecular formula is C27H33F3N2O4. The van der Waals surface area contributed by atoms with E-state index < -0.39 is 18.6 Å². The Morgan fingerprint density at radius 2 is 1.97 bits per heavy atom. The van der Waals surface area contributed by atoms with E-state index in [0.717, 1.165) is 61.2 Å². The lowest BCUT2D eigenvalue weighted by atomic mass is 9.96. The molecule has 1 aromatic carbocycles. The first-order chi connectivity index (χ1) is 17.2. The second-order valence-corrected chi connectivity index (χ2v) is 9.76. The van der Waals surface area contributed by atoms with Gasteiger partial charge < -0.3 is 19.5 Å². The molecule has 196 valence electrons. The third-order valence-corrected chi connectivity index (χ3v) is 7.24. The first-order valence-corrected chi connectivity index (χ1v) is 12.5. The van der Waals surface area contributed by atoms with Crippen LogP contribution in [0.5, 0.6) is 11.6 Å². The summed E-state index contributed by atoms with van der Waals surface area (Å²) in [6, 6.07) is 7.49. The zero-order valence-corrected chi connectivity index (χ0v) is 20.5. The van der Waals surface area contributed by atoms with Crippen molar-refractivity contribution in [3.05, 3.63) is 47.2 Å². The van der Waals surface area contributed by atoms with Gasteiger partial charge in [-0.3, -0.25) is 4.79 Å². The maximum absolute atomic E-state index is 12.6. The Morgan fingerprint density at radius 3 is 2.67 bits per heavy atom. The van der Waals surface area contributed by atoms with E-state index in [4.69, 9.17) is 14.6 Å². The molecule has 1 fully saturated rings. The van der Waals surface area contributed by atoms with Crippen molar-refractivity contribution in [1.29, 1.82) is 0 Å². The van der Waals surface area contributed by atoms with Gasteiger partial charge in [0.15, 0.2) is 0 Å². The zero-order valence-electron chi connectivity index (χ0n) is 20.5. The van der Waals surface area contributed by atoms with Crippen LogP contribution >= 0.6 is 0 Å². The summed E-state index contributed by atoms with van der Waals surface area (Å²) in [5.74, 6) is 0.787. The summed E-state index contributed by atoms with van der Waals surface area (Å²) < 4.78 is 49.3. The summed E-state index contributed by atoms with van der Waals surface area (Å²) in [5.41, 5.74) is 3.99. The number of carbonyl (C=O) groups is 1. The highest BCUT2D eigenvalue weighted by atomic mass is 19.4. The summed E-state index contributed by atoms with van der Waals surface area (Å²) in [6.45, 7) is 2.09. The minimum Gasteiger partial charge on any atom is -0.497 e. The lowest BCUT2D eigenvalue weighted by Gasteiger charge is -2.35. The number of fused-ring (bicyclic) bond motifs is 1. The minimum absolute atomic E-state index is 0.0132. The number of benzene rings is 1. The molecule has 2 heterocycles. The van der Waals surface area contributed by atoms with Crippen molar-refractivity contribution in [1.82, 2.24) is 4.98 Å². The molecule has 6 nitrogen and oxygen atoms in total. The second-order valence-electron chi connectivity index (χ2n) is 9.76. The van der Waals surface area contributed by atoms with Gasteiger partial charge in [0.25, 0.3) is 0 Å². The molecule has 2 aromatic rings. The smallest absolute Gasteiger partial charge is 0.389 e. The molecule has 1 atom stereocenters. The van der Waals surface area contributed by atoms with Gasteiger partial charge in [-0.05, 0) is 73.1 Å². The molecule has 2 aliphatic rings. The molecule has 0 amide bonds. The van der Waals surface area contributed by atoms with Crippen LogP contribution in [-0.4, -0.2) is 49.0 Å². The summed E-state index contributed by atoms with van der Waals surface area (Å²) >= 11 is 0. The molecule has 36 heavy (non-hydrogen) atoms. The number of aromatic nitrogens is 1. The van der Waals surface area contributed by atoms with Gasteiger partial charge in [0, 0.05) is 43.5 Å². The fourth-order valence-corrected chi connectivity index (χ4v) is 5.25. The van der Waals surface area contributed by atoms with Gasteiger partial charge >= 0.3 is 12.1 Å². The van der Waals surface area contributed by atoms with Gasteiger partial charge in [-0.15, -0.1) is 0 Å². The van der Waals surface area contributed by atoms with Crippen LogP contribution in [0.1, 0.15) is 61.1 Å². The van der Waals surface area contributed by atoms with E-state index in [9.17, 15) is 18.0 Å². The molecule has 0 spiro atoms. The van der Waals surface area contributed by atoms with Crippen molar-refractivity contribution in [3.8, 4) is 11.6 Å². The third-order valence-electron chi connectivity index (χ3n) is 7.24. The highest BCUT2D eigenvalue weighted by molar-refractivity contribution is 5.68. The maximum atomic E-state index is 12.6. The molecule has 1 unspecified atom stereocenters.